The van der Waals surface area contributed by atoms with Crippen LogP contribution in [0.5, 0.6) is 0 Å². The number of rotatable bonds is 2. The van der Waals surface area contributed by atoms with Crippen LogP contribution >= 0.6 is 0 Å². The van der Waals surface area contributed by atoms with Crippen molar-refractivity contribution in [3.63, 3.8) is 0 Å². The zero-order valence-electron chi connectivity index (χ0n) is 12.8. The van der Waals surface area contributed by atoms with Crippen molar-refractivity contribution in [3.05, 3.63) is 53.4 Å². The van der Waals surface area contributed by atoms with Gasteiger partial charge in [0.2, 0.25) is 0 Å². The van der Waals surface area contributed by atoms with Crippen molar-refractivity contribution in [1.82, 2.24) is 5.16 Å². The number of aliphatic imine (C=N–C) groups is 2. The maximum absolute atomic E-state index is 12.2. The van der Waals surface area contributed by atoms with E-state index in [2.05, 4.69) is 15.1 Å². The van der Waals surface area contributed by atoms with Gasteiger partial charge in [0.05, 0.1) is 11.4 Å². The molecule has 1 aromatic heterocycles. The first-order valence-electron chi connectivity index (χ1n) is 7.21. The van der Waals surface area contributed by atoms with Crippen LogP contribution in [0.4, 0.5) is 0 Å². The highest BCUT2D eigenvalue weighted by molar-refractivity contribution is 6.22. The van der Waals surface area contributed by atoms with Crippen LogP contribution in [0, 0.1) is 6.92 Å². The van der Waals surface area contributed by atoms with Crippen molar-refractivity contribution in [3.8, 4) is 0 Å². The lowest BCUT2D eigenvalue weighted by Crippen LogP contribution is -2.20. The van der Waals surface area contributed by atoms with E-state index in [1.807, 2.05) is 50.2 Å². The normalized spacial score (nSPS) is 22.0. The first-order chi connectivity index (χ1) is 10.6. The Hall–Kier alpha value is -2.56. The Bertz CT molecular complexity index is 759. The van der Waals surface area contributed by atoms with E-state index >= 15 is 0 Å². The van der Waals surface area contributed by atoms with Crippen molar-refractivity contribution in [2.75, 3.05) is 0 Å². The molecule has 5 heteroatoms. The van der Waals surface area contributed by atoms with Gasteiger partial charge in [0.1, 0.15) is 12.0 Å². The third kappa shape index (κ3) is 2.62. The molecule has 22 heavy (non-hydrogen) atoms. The van der Waals surface area contributed by atoms with Crippen LogP contribution in [-0.4, -0.2) is 28.5 Å². The fraction of sp³-hybridized carbons (Fsp3) is 0.294. The summed E-state index contributed by atoms with van der Waals surface area (Å²) < 4.78 is 5.43. The summed E-state index contributed by atoms with van der Waals surface area (Å²) in [5.41, 5.74) is 3.14. The lowest BCUT2D eigenvalue weighted by molar-refractivity contribution is -0.118. The van der Waals surface area contributed by atoms with Gasteiger partial charge in [-0.15, -0.1) is 0 Å². The minimum atomic E-state index is -0.479. The molecule has 0 spiro atoms. The number of hydrogen-bond donors (Lipinski definition) is 0. The van der Waals surface area contributed by atoms with Crippen molar-refractivity contribution in [2.24, 2.45) is 9.98 Å². The molecule has 3 rings (SSSR count). The van der Waals surface area contributed by atoms with Gasteiger partial charge in [0.15, 0.2) is 5.76 Å². The fourth-order valence-electron chi connectivity index (χ4n) is 2.61. The summed E-state index contributed by atoms with van der Waals surface area (Å²) in [6.07, 6.45) is 0. The first kappa shape index (κ1) is 14.4. The number of carbonyl (C=O) groups excluding carboxylic acids is 1. The predicted molar refractivity (Wildman–Crippen MR) is 84.5 cm³/mol. The molecule has 0 bridgehead atoms. The second-order valence-corrected chi connectivity index (χ2v) is 5.45. The third-order valence-corrected chi connectivity index (χ3v) is 3.68. The van der Waals surface area contributed by atoms with Gasteiger partial charge in [-0.2, -0.15) is 0 Å². The Balaban J connectivity index is 2.18. The van der Waals surface area contributed by atoms with Crippen molar-refractivity contribution in [1.29, 1.82) is 0 Å². The van der Waals surface area contributed by atoms with Crippen LogP contribution in [0.1, 0.15) is 36.8 Å². The number of hydrogen-bond acceptors (Lipinski definition) is 4. The van der Waals surface area contributed by atoms with Crippen LogP contribution < -0.4 is 0 Å². The molecule has 0 saturated heterocycles. The van der Waals surface area contributed by atoms with E-state index in [4.69, 9.17) is 4.52 Å². The van der Waals surface area contributed by atoms with Gasteiger partial charge in [-0.1, -0.05) is 35.5 Å². The highest BCUT2D eigenvalue weighted by atomic mass is 16.5. The highest BCUT2D eigenvalue weighted by Crippen LogP contribution is 2.27. The molecule has 5 nitrogen and oxygen atoms in total. The summed E-state index contributed by atoms with van der Waals surface area (Å²) in [4.78, 5) is 21.0. The van der Waals surface area contributed by atoms with E-state index in [0.717, 1.165) is 17.0 Å². The number of amides is 1. The highest BCUT2D eigenvalue weighted by Gasteiger charge is 2.31. The molecule has 1 aromatic carbocycles. The summed E-state index contributed by atoms with van der Waals surface area (Å²) in [6.45, 7) is 5.52. The number of carbonyl (C=O) groups is 1. The molecule has 2 unspecified atom stereocenters. The molecule has 0 fully saturated rings. The molecule has 0 saturated carbocycles. The maximum Gasteiger partial charge on any atom is 0.270 e. The Morgan fingerprint density at radius 1 is 1.14 bits per heavy atom. The molecule has 0 radical (unpaired) electrons. The Morgan fingerprint density at radius 3 is 2.50 bits per heavy atom. The summed E-state index contributed by atoms with van der Waals surface area (Å²) >= 11 is 0. The molecular weight excluding hydrogens is 278 g/mol. The molecule has 2 heterocycles. The second kappa shape index (κ2) is 5.67. The minimum absolute atomic E-state index is 0.239. The summed E-state index contributed by atoms with van der Waals surface area (Å²) in [5, 5.41) is 3.95. The molecular formula is C17H17N3O2. The molecule has 1 aliphatic heterocycles. The largest absolute Gasteiger partial charge is 0.360 e. The van der Waals surface area contributed by atoms with E-state index in [0.29, 0.717) is 11.5 Å². The monoisotopic (exact) mass is 295 g/mol. The first-order valence-corrected chi connectivity index (χ1v) is 7.21. The van der Waals surface area contributed by atoms with Gasteiger partial charge in [-0.05, 0) is 26.3 Å². The molecule has 1 aliphatic rings. The number of benzene rings is 1. The van der Waals surface area contributed by atoms with Crippen molar-refractivity contribution < 1.29 is 9.32 Å². The van der Waals surface area contributed by atoms with Crippen molar-refractivity contribution in [2.45, 2.75) is 32.7 Å². The Morgan fingerprint density at radius 2 is 1.86 bits per heavy atom. The predicted octanol–water partition coefficient (Wildman–Crippen LogP) is 2.95. The van der Waals surface area contributed by atoms with Crippen LogP contribution in [0.3, 0.4) is 0 Å². The summed E-state index contributed by atoms with van der Waals surface area (Å²) in [5.74, 6) is 0.123. The van der Waals surface area contributed by atoms with Crippen LogP contribution in [0.25, 0.3) is 0 Å². The quantitative estimate of drug-likeness (QED) is 0.855. The van der Waals surface area contributed by atoms with Crippen LogP contribution in [0.2, 0.25) is 0 Å². The topological polar surface area (TPSA) is 67.8 Å². The Kier molecular flexibility index (Phi) is 3.71. The van der Waals surface area contributed by atoms with E-state index in [9.17, 15) is 4.79 Å². The van der Waals surface area contributed by atoms with Gasteiger partial charge >= 0.3 is 0 Å². The van der Waals surface area contributed by atoms with Crippen LogP contribution in [-0.2, 0) is 4.79 Å². The zero-order chi connectivity index (χ0) is 15.7. The van der Waals surface area contributed by atoms with Gasteiger partial charge in [0.25, 0.3) is 5.91 Å². The molecule has 112 valence electrons. The van der Waals surface area contributed by atoms with Gasteiger partial charge in [-0.25, -0.2) is 4.99 Å². The maximum atomic E-state index is 12.2. The Labute approximate surface area is 128 Å². The average Bonchev–Trinajstić information content (AvgIpc) is 2.88. The lowest BCUT2D eigenvalue weighted by atomic mass is 9.90. The SMILES string of the molecule is CC1=NC(C)C(=O)N=C(c2ccccc2)C1c1cc(C)no1. The molecule has 2 aromatic rings. The smallest absolute Gasteiger partial charge is 0.270 e. The number of aromatic nitrogens is 1. The van der Waals surface area contributed by atoms with Crippen LogP contribution in [0.15, 0.2) is 50.9 Å². The standard InChI is InChI=1S/C17H17N3O2/c1-10-9-14(22-20-10)15-11(2)18-12(3)17(21)19-16(15)13-7-5-4-6-8-13/h4-9,12,15H,1-3H3. The summed E-state index contributed by atoms with van der Waals surface area (Å²) in [7, 11) is 0. The molecule has 0 aliphatic carbocycles. The minimum Gasteiger partial charge on any atom is -0.360 e. The molecule has 2 atom stereocenters. The van der Waals surface area contributed by atoms with E-state index in [1.54, 1.807) is 6.92 Å². The van der Waals surface area contributed by atoms with Gasteiger partial charge in [-0.3, -0.25) is 9.79 Å². The number of aryl methyl sites for hydroxylation is 1. The summed E-state index contributed by atoms with van der Waals surface area (Å²) in [6, 6.07) is 11.0. The zero-order valence-corrected chi connectivity index (χ0v) is 12.8. The van der Waals surface area contributed by atoms with Gasteiger partial charge in [0, 0.05) is 11.8 Å². The second-order valence-electron chi connectivity index (χ2n) is 5.45. The van der Waals surface area contributed by atoms with E-state index < -0.39 is 6.04 Å². The lowest BCUT2D eigenvalue weighted by Gasteiger charge is -2.15. The van der Waals surface area contributed by atoms with E-state index in [-0.39, 0.29) is 11.8 Å². The van der Waals surface area contributed by atoms with Crippen molar-refractivity contribution >= 4 is 17.3 Å². The molecule has 0 N–H and O–H groups in total. The third-order valence-electron chi connectivity index (χ3n) is 3.68. The van der Waals surface area contributed by atoms with Gasteiger partial charge < -0.3 is 4.52 Å². The fourth-order valence-corrected chi connectivity index (χ4v) is 2.61. The van der Waals surface area contributed by atoms with E-state index in [1.165, 1.54) is 0 Å². The average molecular weight is 295 g/mol. The molecule has 1 amide bonds. The number of nitrogens with zero attached hydrogens (tertiary/aromatic N) is 3.